The molecule has 5 rings (SSSR count). The van der Waals surface area contributed by atoms with E-state index in [1.807, 2.05) is 12.1 Å². The van der Waals surface area contributed by atoms with Crippen LogP contribution in [0.3, 0.4) is 0 Å². The summed E-state index contributed by atoms with van der Waals surface area (Å²) < 4.78 is 6.28. The first kappa shape index (κ1) is 20.6. The second-order valence-corrected chi connectivity index (χ2v) is 9.42. The lowest BCUT2D eigenvalue weighted by Crippen LogP contribution is -2.40. The molecule has 0 bridgehead atoms. The van der Waals surface area contributed by atoms with E-state index in [1.165, 1.54) is 19.3 Å². The van der Waals surface area contributed by atoms with Gasteiger partial charge in [-0.15, -0.1) is 0 Å². The molecule has 4 heterocycles. The van der Waals surface area contributed by atoms with E-state index in [0.717, 1.165) is 82.1 Å². The zero-order chi connectivity index (χ0) is 21.0. The molecule has 2 aliphatic heterocycles. The lowest BCUT2D eigenvalue weighted by Gasteiger charge is -2.33. The molecule has 0 aromatic carbocycles. The first-order valence-electron chi connectivity index (χ1n) is 12.0. The summed E-state index contributed by atoms with van der Waals surface area (Å²) in [5.41, 5.74) is 1.52. The van der Waals surface area contributed by atoms with E-state index in [2.05, 4.69) is 24.8 Å². The summed E-state index contributed by atoms with van der Waals surface area (Å²) in [5.74, 6) is 2.70. The molecule has 1 atom stereocenters. The minimum absolute atomic E-state index is 0.251. The van der Waals surface area contributed by atoms with Crippen molar-refractivity contribution in [3.05, 3.63) is 24.5 Å². The number of hydrogen-bond donors (Lipinski definition) is 0. The number of pyridine rings is 1. The van der Waals surface area contributed by atoms with Crippen molar-refractivity contribution < 1.29 is 9.53 Å². The van der Waals surface area contributed by atoms with Crippen LogP contribution in [0.4, 0.5) is 5.82 Å². The molecule has 2 saturated heterocycles. The molecule has 1 saturated carbocycles. The molecule has 7 nitrogen and oxygen atoms in total. The predicted octanol–water partition coefficient (Wildman–Crippen LogP) is 3.44. The maximum Gasteiger partial charge on any atom is 0.222 e. The SMILES string of the molecule is O=C(CCC1CCC1)N1CCC(COC2CCN(c3ccc4nccnc4n3)C2)CC1. The Bertz CT molecular complexity index is 894. The molecule has 1 unspecified atom stereocenters. The largest absolute Gasteiger partial charge is 0.376 e. The molecular weight excluding hydrogens is 390 g/mol. The van der Waals surface area contributed by atoms with Crippen LogP contribution in [0.25, 0.3) is 11.2 Å². The summed E-state index contributed by atoms with van der Waals surface area (Å²) in [6, 6.07) is 4.01. The molecule has 3 fully saturated rings. The fraction of sp³-hybridized carbons (Fsp3) is 0.667. The number of likely N-dealkylation sites (tertiary alicyclic amines) is 1. The number of carbonyl (C=O) groups excluding carboxylic acids is 1. The number of hydrogen-bond acceptors (Lipinski definition) is 6. The van der Waals surface area contributed by atoms with Crippen molar-refractivity contribution in [2.45, 2.75) is 57.5 Å². The van der Waals surface area contributed by atoms with Gasteiger partial charge in [0.2, 0.25) is 5.91 Å². The number of rotatable bonds is 7. The number of anilines is 1. The highest BCUT2D eigenvalue weighted by molar-refractivity contribution is 5.76. The van der Waals surface area contributed by atoms with Gasteiger partial charge in [-0.2, -0.15) is 0 Å². The number of piperidine rings is 1. The molecule has 0 spiro atoms. The molecule has 2 aromatic rings. The minimum atomic E-state index is 0.251. The van der Waals surface area contributed by atoms with Crippen LogP contribution in [-0.2, 0) is 9.53 Å². The van der Waals surface area contributed by atoms with Crippen molar-refractivity contribution in [3.63, 3.8) is 0 Å². The van der Waals surface area contributed by atoms with Crippen LogP contribution in [0.5, 0.6) is 0 Å². The highest BCUT2D eigenvalue weighted by Crippen LogP contribution is 2.31. The molecule has 1 aliphatic carbocycles. The van der Waals surface area contributed by atoms with Crippen LogP contribution in [0.1, 0.15) is 51.4 Å². The van der Waals surface area contributed by atoms with Crippen molar-refractivity contribution in [1.29, 1.82) is 0 Å². The summed E-state index contributed by atoms with van der Waals surface area (Å²) in [6.07, 6.45) is 12.6. The van der Waals surface area contributed by atoms with E-state index in [1.54, 1.807) is 12.4 Å². The topological polar surface area (TPSA) is 71.5 Å². The average molecular weight is 424 g/mol. The number of fused-ring (bicyclic) bond motifs is 1. The summed E-state index contributed by atoms with van der Waals surface area (Å²) in [7, 11) is 0. The summed E-state index contributed by atoms with van der Waals surface area (Å²) >= 11 is 0. The molecule has 0 N–H and O–H groups in total. The smallest absolute Gasteiger partial charge is 0.222 e. The van der Waals surface area contributed by atoms with Gasteiger partial charge < -0.3 is 14.5 Å². The highest BCUT2D eigenvalue weighted by atomic mass is 16.5. The second kappa shape index (κ2) is 9.47. The van der Waals surface area contributed by atoms with Crippen LogP contribution in [0.15, 0.2) is 24.5 Å². The normalized spacial score (nSPS) is 22.8. The lowest BCUT2D eigenvalue weighted by atomic mass is 9.82. The lowest BCUT2D eigenvalue weighted by molar-refractivity contribution is -0.133. The van der Waals surface area contributed by atoms with Gasteiger partial charge in [0.1, 0.15) is 11.3 Å². The molecule has 2 aromatic heterocycles. The Balaban J connectivity index is 1.03. The Hall–Kier alpha value is -2.28. The second-order valence-electron chi connectivity index (χ2n) is 9.42. The number of nitrogens with zero attached hydrogens (tertiary/aromatic N) is 5. The zero-order valence-electron chi connectivity index (χ0n) is 18.3. The fourth-order valence-electron chi connectivity index (χ4n) is 4.98. The van der Waals surface area contributed by atoms with Gasteiger partial charge in [0, 0.05) is 51.6 Å². The van der Waals surface area contributed by atoms with Crippen LogP contribution in [-0.4, -0.2) is 64.6 Å². The van der Waals surface area contributed by atoms with Crippen LogP contribution >= 0.6 is 0 Å². The van der Waals surface area contributed by atoms with E-state index in [4.69, 9.17) is 4.74 Å². The molecule has 7 heteroatoms. The first-order valence-corrected chi connectivity index (χ1v) is 12.0. The maximum atomic E-state index is 12.4. The standard InChI is InChI=1S/C24H33N5O2/c30-23(7-4-18-2-1-3-18)28-13-8-19(9-14-28)17-31-20-10-15-29(16-20)22-6-5-21-24(27-22)26-12-11-25-21/h5-6,11-12,18-20H,1-4,7-10,13-17H2. The Kier molecular flexibility index (Phi) is 6.30. The molecule has 0 radical (unpaired) electrons. The number of amides is 1. The molecule has 1 amide bonds. The number of aromatic nitrogens is 3. The molecule has 31 heavy (non-hydrogen) atoms. The quantitative estimate of drug-likeness (QED) is 0.679. The van der Waals surface area contributed by atoms with Crippen molar-refractivity contribution in [3.8, 4) is 0 Å². The Morgan fingerprint density at radius 1 is 1.00 bits per heavy atom. The summed E-state index contributed by atoms with van der Waals surface area (Å²) in [5, 5.41) is 0. The van der Waals surface area contributed by atoms with Crippen molar-refractivity contribution >= 4 is 22.9 Å². The average Bonchev–Trinajstić information content (AvgIpc) is 3.26. The van der Waals surface area contributed by atoms with Gasteiger partial charge in [-0.1, -0.05) is 19.3 Å². The Morgan fingerprint density at radius 3 is 2.65 bits per heavy atom. The van der Waals surface area contributed by atoms with Crippen molar-refractivity contribution in [2.24, 2.45) is 11.8 Å². The third kappa shape index (κ3) is 4.97. The van der Waals surface area contributed by atoms with E-state index in [0.29, 0.717) is 17.5 Å². The molecular formula is C24H33N5O2. The Labute approximate surface area is 184 Å². The van der Waals surface area contributed by atoms with Gasteiger partial charge in [0.05, 0.1) is 6.10 Å². The predicted molar refractivity (Wildman–Crippen MR) is 120 cm³/mol. The fourth-order valence-corrected chi connectivity index (χ4v) is 4.98. The van der Waals surface area contributed by atoms with Gasteiger partial charge in [-0.05, 0) is 49.7 Å². The van der Waals surface area contributed by atoms with Gasteiger partial charge >= 0.3 is 0 Å². The zero-order valence-corrected chi connectivity index (χ0v) is 18.3. The van der Waals surface area contributed by atoms with E-state index < -0.39 is 0 Å². The van der Waals surface area contributed by atoms with Crippen molar-refractivity contribution in [1.82, 2.24) is 19.9 Å². The first-order chi connectivity index (χ1) is 15.2. The summed E-state index contributed by atoms with van der Waals surface area (Å²) in [6.45, 7) is 4.43. The van der Waals surface area contributed by atoms with Gasteiger partial charge in [-0.3, -0.25) is 9.78 Å². The van der Waals surface area contributed by atoms with E-state index in [9.17, 15) is 4.79 Å². The van der Waals surface area contributed by atoms with Crippen LogP contribution in [0.2, 0.25) is 0 Å². The van der Waals surface area contributed by atoms with Gasteiger partial charge in [0.15, 0.2) is 5.65 Å². The number of carbonyl (C=O) groups is 1. The molecule has 166 valence electrons. The van der Waals surface area contributed by atoms with Gasteiger partial charge in [-0.25, -0.2) is 9.97 Å². The van der Waals surface area contributed by atoms with Crippen LogP contribution < -0.4 is 4.90 Å². The monoisotopic (exact) mass is 423 g/mol. The third-order valence-electron chi connectivity index (χ3n) is 7.31. The van der Waals surface area contributed by atoms with Crippen molar-refractivity contribution in [2.75, 3.05) is 37.7 Å². The van der Waals surface area contributed by atoms with Gasteiger partial charge in [0.25, 0.3) is 0 Å². The third-order valence-corrected chi connectivity index (χ3v) is 7.31. The minimum Gasteiger partial charge on any atom is -0.376 e. The van der Waals surface area contributed by atoms with E-state index >= 15 is 0 Å². The van der Waals surface area contributed by atoms with E-state index in [-0.39, 0.29) is 6.10 Å². The maximum absolute atomic E-state index is 12.4. The summed E-state index contributed by atoms with van der Waals surface area (Å²) in [4.78, 5) is 30.1. The highest BCUT2D eigenvalue weighted by Gasteiger charge is 2.28. The molecule has 3 aliphatic rings. The number of ether oxygens (including phenoxy) is 1. The van der Waals surface area contributed by atoms with Crippen LogP contribution in [0, 0.1) is 11.8 Å². The Morgan fingerprint density at radius 2 is 1.84 bits per heavy atom.